The van der Waals surface area contributed by atoms with Crippen LogP contribution in [0.1, 0.15) is 26.2 Å². The van der Waals surface area contributed by atoms with E-state index in [2.05, 4.69) is 17.6 Å². The lowest BCUT2D eigenvalue weighted by molar-refractivity contribution is 0.185. The van der Waals surface area contributed by atoms with Crippen LogP contribution in [0.25, 0.3) is 0 Å². The average Bonchev–Trinajstić information content (AvgIpc) is 2.57. The maximum Gasteiger partial charge on any atom is 0.0620 e. The van der Waals surface area contributed by atoms with Gasteiger partial charge < -0.3 is 15.4 Å². The fraction of sp³-hybridized carbons (Fsp3) is 1.00. The van der Waals surface area contributed by atoms with Crippen LogP contribution in [0.3, 0.4) is 0 Å². The Labute approximate surface area is 80.2 Å². The third kappa shape index (κ3) is 2.66. The van der Waals surface area contributed by atoms with Crippen molar-refractivity contribution >= 4 is 0 Å². The molecule has 2 fully saturated rings. The quantitative estimate of drug-likeness (QED) is 0.656. The first-order valence-corrected chi connectivity index (χ1v) is 5.42. The number of nitrogens with one attached hydrogen (secondary N) is 2. The molecule has 0 saturated carbocycles. The standard InChI is InChI=1S/C10H20N2O/c1-8-6-9(2-4-11-8)12-10-3-5-13-7-10/h8-12H,2-7H2,1H3/t8-,9?,10-/m1/s1. The van der Waals surface area contributed by atoms with Crippen LogP contribution in [-0.2, 0) is 4.74 Å². The van der Waals surface area contributed by atoms with E-state index in [0.29, 0.717) is 18.1 Å². The van der Waals surface area contributed by atoms with Crippen molar-refractivity contribution in [3.63, 3.8) is 0 Å². The Morgan fingerprint density at radius 2 is 2.23 bits per heavy atom. The average molecular weight is 184 g/mol. The molecule has 76 valence electrons. The van der Waals surface area contributed by atoms with Crippen LogP contribution in [0.5, 0.6) is 0 Å². The molecule has 2 aliphatic heterocycles. The van der Waals surface area contributed by atoms with Crippen molar-refractivity contribution in [2.45, 2.75) is 44.3 Å². The molecule has 2 heterocycles. The van der Waals surface area contributed by atoms with Gasteiger partial charge in [-0.3, -0.25) is 0 Å². The van der Waals surface area contributed by atoms with Crippen molar-refractivity contribution in [2.75, 3.05) is 19.8 Å². The molecule has 3 heteroatoms. The minimum absolute atomic E-state index is 0.621. The van der Waals surface area contributed by atoms with E-state index in [1.807, 2.05) is 0 Å². The first kappa shape index (κ1) is 9.44. The zero-order valence-corrected chi connectivity index (χ0v) is 8.38. The van der Waals surface area contributed by atoms with Gasteiger partial charge in [0.25, 0.3) is 0 Å². The summed E-state index contributed by atoms with van der Waals surface area (Å²) >= 11 is 0. The lowest BCUT2D eigenvalue weighted by Crippen LogP contribution is -2.48. The number of hydrogen-bond acceptors (Lipinski definition) is 3. The molecule has 0 radical (unpaired) electrons. The summed E-state index contributed by atoms with van der Waals surface area (Å²) in [6.07, 6.45) is 3.72. The lowest BCUT2D eigenvalue weighted by Gasteiger charge is -2.30. The van der Waals surface area contributed by atoms with E-state index in [9.17, 15) is 0 Å². The highest BCUT2D eigenvalue weighted by Crippen LogP contribution is 2.12. The van der Waals surface area contributed by atoms with Gasteiger partial charge in [-0.15, -0.1) is 0 Å². The van der Waals surface area contributed by atoms with Gasteiger partial charge in [0.2, 0.25) is 0 Å². The van der Waals surface area contributed by atoms with E-state index < -0.39 is 0 Å². The SMILES string of the molecule is C[C@@H]1CC(N[C@@H]2CCOC2)CCN1. The smallest absolute Gasteiger partial charge is 0.0620 e. The largest absolute Gasteiger partial charge is 0.380 e. The summed E-state index contributed by atoms with van der Waals surface area (Å²) in [7, 11) is 0. The Morgan fingerprint density at radius 3 is 2.92 bits per heavy atom. The van der Waals surface area contributed by atoms with Crippen molar-refractivity contribution in [1.29, 1.82) is 0 Å². The summed E-state index contributed by atoms with van der Waals surface area (Å²) in [6, 6.07) is 2.01. The molecular weight excluding hydrogens is 164 g/mol. The van der Waals surface area contributed by atoms with Gasteiger partial charge in [0.05, 0.1) is 6.61 Å². The molecule has 1 unspecified atom stereocenters. The fourth-order valence-corrected chi connectivity index (χ4v) is 2.28. The molecule has 0 bridgehead atoms. The van der Waals surface area contributed by atoms with Gasteiger partial charge in [-0.25, -0.2) is 0 Å². The van der Waals surface area contributed by atoms with Crippen LogP contribution in [0.15, 0.2) is 0 Å². The van der Waals surface area contributed by atoms with E-state index >= 15 is 0 Å². The van der Waals surface area contributed by atoms with Gasteiger partial charge in [0.15, 0.2) is 0 Å². The van der Waals surface area contributed by atoms with Crippen molar-refractivity contribution in [1.82, 2.24) is 10.6 Å². The van der Waals surface area contributed by atoms with E-state index in [0.717, 1.165) is 19.8 Å². The van der Waals surface area contributed by atoms with Gasteiger partial charge in [-0.1, -0.05) is 0 Å². The Morgan fingerprint density at radius 1 is 1.31 bits per heavy atom. The first-order chi connectivity index (χ1) is 6.34. The number of ether oxygens (including phenoxy) is 1. The minimum atomic E-state index is 0.621. The number of piperidine rings is 1. The molecule has 2 saturated heterocycles. The lowest BCUT2D eigenvalue weighted by atomic mass is 9.99. The molecule has 2 rings (SSSR count). The molecule has 0 aromatic carbocycles. The normalized spacial score (nSPS) is 40.8. The highest BCUT2D eigenvalue weighted by molar-refractivity contribution is 4.83. The van der Waals surface area contributed by atoms with Gasteiger partial charge >= 0.3 is 0 Å². The molecule has 13 heavy (non-hydrogen) atoms. The highest BCUT2D eigenvalue weighted by Gasteiger charge is 2.23. The molecule has 2 aliphatic rings. The fourth-order valence-electron chi connectivity index (χ4n) is 2.28. The molecular formula is C10H20N2O. The molecule has 3 atom stereocenters. The first-order valence-electron chi connectivity index (χ1n) is 5.42. The van der Waals surface area contributed by atoms with Crippen LogP contribution in [0.2, 0.25) is 0 Å². The second-order valence-electron chi connectivity index (χ2n) is 4.30. The Kier molecular flexibility index (Phi) is 3.19. The zero-order valence-electron chi connectivity index (χ0n) is 8.38. The van der Waals surface area contributed by atoms with Gasteiger partial charge in [0.1, 0.15) is 0 Å². The number of rotatable bonds is 2. The van der Waals surface area contributed by atoms with Gasteiger partial charge in [-0.05, 0) is 32.7 Å². The van der Waals surface area contributed by atoms with Crippen LogP contribution < -0.4 is 10.6 Å². The third-order valence-corrected chi connectivity index (χ3v) is 3.02. The molecule has 3 nitrogen and oxygen atoms in total. The topological polar surface area (TPSA) is 33.3 Å². The molecule has 0 amide bonds. The zero-order chi connectivity index (χ0) is 9.10. The summed E-state index contributed by atoms with van der Waals surface area (Å²) in [5.41, 5.74) is 0. The van der Waals surface area contributed by atoms with Crippen LogP contribution >= 0.6 is 0 Å². The summed E-state index contributed by atoms with van der Waals surface area (Å²) < 4.78 is 5.35. The van der Waals surface area contributed by atoms with Crippen LogP contribution in [-0.4, -0.2) is 37.9 Å². The summed E-state index contributed by atoms with van der Waals surface area (Å²) in [6.45, 7) is 5.28. The van der Waals surface area contributed by atoms with Gasteiger partial charge in [-0.2, -0.15) is 0 Å². The molecule has 0 spiro atoms. The van der Waals surface area contributed by atoms with Crippen LogP contribution in [0.4, 0.5) is 0 Å². The highest BCUT2D eigenvalue weighted by atomic mass is 16.5. The second kappa shape index (κ2) is 4.40. The molecule has 0 aromatic heterocycles. The Bertz CT molecular complexity index is 157. The maximum absolute atomic E-state index is 5.35. The number of hydrogen-bond donors (Lipinski definition) is 2. The van der Waals surface area contributed by atoms with Crippen molar-refractivity contribution in [3.05, 3.63) is 0 Å². The molecule has 0 aliphatic carbocycles. The summed E-state index contributed by atoms with van der Waals surface area (Å²) in [4.78, 5) is 0. The third-order valence-electron chi connectivity index (χ3n) is 3.02. The predicted octanol–water partition coefficient (Wildman–Crippen LogP) is 0.505. The van der Waals surface area contributed by atoms with Crippen molar-refractivity contribution in [3.8, 4) is 0 Å². The van der Waals surface area contributed by atoms with Gasteiger partial charge in [0, 0.05) is 24.7 Å². The van der Waals surface area contributed by atoms with E-state index in [1.54, 1.807) is 0 Å². The van der Waals surface area contributed by atoms with Crippen molar-refractivity contribution in [2.24, 2.45) is 0 Å². The predicted molar refractivity (Wildman–Crippen MR) is 52.8 cm³/mol. The summed E-state index contributed by atoms with van der Waals surface area (Å²) in [5.74, 6) is 0. The minimum Gasteiger partial charge on any atom is -0.380 e. The second-order valence-corrected chi connectivity index (χ2v) is 4.30. The Hall–Kier alpha value is -0.120. The van der Waals surface area contributed by atoms with E-state index in [4.69, 9.17) is 4.74 Å². The summed E-state index contributed by atoms with van der Waals surface area (Å²) in [5, 5.41) is 7.15. The maximum atomic E-state index is 5.35. The monoisotopic (exact) mass is 184 g/mol. The Balaban J connectivity index is 1.73. The van der Waals surface area contributed by atoms with E-state index in [1.165, 1.54) is 19.3 Å². The van der Waals surface area contributed by atoms with Crippen molar-refractivity contribution < 1.29 is 4.74 Å². The van der Waals surface area contributed by atoms with E-state index in [-0.39, 0.29) is 0 Å². The molecule has 0 aromatic rings. The van der Waals surface area contributed by atoms with Crippen LogP contribution in [0, 0.1) is 0 Å². The molecule has 2 N–H and O–H groups in total.